The van der Waals surface area contributed by atoms with Gasteiger partial charge in [0.15, 0.2) is 5.96 Å². The molecule has 0 fully saturated rings. The number of hydrogen-bond acceptors (Lipinski definition) is 1. The maximum absolute atomic E-state index is 4.20. The standard InChI is InChI=1S/C16H24N4.HI/c1-3-10-18-16(17-2)19-11-6-12-20-13-9-14-7-4-5-8-15(14)20;/h4-5,7-9,13H,3,6,10-12H2,1-2H3,(H2,17,18,19);1H. The normalized spacial score (nSPS) is 11.2. The molecular weight excluding hydrogens is 375 g/mol. The Labute approximate surface area is 144 Å². The van der Waals surface area contributed by atoms with E-state index >= 15 is 0 Å². The van der Waals surface area contributed by atoms with Crippen molar-refractivity contribution >= 4 is 40.8 Å². The van der Waals surface area contributed by atoms with Gasteiger partial charge in [-0.2, -0.15) is 0 Å². The molecule has 2 N–H and O–H groups in total. The lowest BCUT2D eigenvalue weighted by atomic mass is 10.2. The highest BCUT2D eigenvalue weighted by Gasteiger charge is 2.00. The predicted molar refractivity (Wildman–Crippen MR) is 102 cm³/mol. The van der Waals surface area contributed by atoms with Crippen LogP contribution < -0.4 is 10.6 Å². The minimum atomic E-state index is 0. The SMILES string of the molecule is CCCNC(=NC)NCCCn1ccc2ccccc21.I. The molecule has 0 radical (unpaired) electrons. The summed E-state index contributed by atoms with van der Waals surface area (Å²) in [5.74, 6) is 0.893. The Morgan fingerprint density at radius 3 is 2.67 bits per heavy atom. The van der Waals surface area contributed by atoms with Gasteiger partial charge in [0.25, 0.3) is 0 Å². The number of nitrogens with zero attached hydrogens (tertiary/aromatic N) is 2. The molecule has 4 nitrogen and oxygen atoms in total. The van der Waals surface area contributed by atoms with Crippen molar-refractivity contribution in [2.45, 2.75) is 26.3 Å². The van der Waals surface area contributed by atoms with Crippen LogP contribution in [0.15, 0.2) is 41.5 Å². The Morgan fingerprint density at radius 2 is 1.90 bits per heavy atom. The maximum Gasteiger partial charge on any atom is 0.190 e. The molecule has 0 aliphatic carbocycles. The van der Waals surface area contributed by atoms with E-state index in [9.17, 15) is 0 Å². The lowest BCUT2D eigenvalue weighted by Crippen LogP contribution is -2.38. The van der Waals surface area contributed by atoms with Gasteiger partial charge >= 0.3 is 0 Å². The molecule has 0 saturated carbocycles. The lowest BCUT2D eigenvalue weighted by Gasteiger charge is -2.11. The van der Waals surface area contributed by atoms with Crippen molar-refractivity contribution in [1.82, 2.24) is 15.2 Å². The van der Waals surface area contributed by atoms with E-state index in [4.69, 9.17) is 0 Å². The molecule has 0 atom stereocenters. The van der Waals surface area contributed by atoms with Crippen LogP contribution in [0.25, 0.3) is 10.9 Å². The molecule has 0 spiro atoms. The van der Waals surface area contributed by atoms with Gasteiger partial charge in [-0.05, 0) is 30.4 Å². The van der Waals surface area contributed by atoms with E-state index in [1.807, 2.05) is 7.05 Å². The van der Waals surface area contributed by atoms with Crippen LogP contribution >= 0.6 is 24.0 Å². The molecule has 5 heteroatoms. The van der Waals surface area contributed by atoms with Gasteiger partial charge < -0.3 is 15.2 Å². The Bertz CT molecular complexity index is 562. The summed E-state index contributed by atoms with van der Waals surface area (Å²) in [6, 6.07) is 10.7. The molecule has 0 amide bonds. The van der Waals surface area contributed by atoms with Crippen molar-refractivity contribution in [2.75, 3.05) is 20.1 Å². The third-order valence-corrected chi connectivity index (χ3v) is 3.31. The van der Waals surface area contributed by atoms with Gasteiger partial charge in [0.2, 0.25) is 0 Å². The van der Waals surface area contributed by atoms with Gasteiger partial charge in [-0.25, -0.2) is 0 Å². The minimum absolute atomic E-state index is 0. The maximum atomic E-state index is 4.20. The number of nitrogens with one attached hydrogen (secondary N) is 2. The highest BCUT2D eigenvalue weighted by atomic mass is 127. The number of aliphatic imine (C=N–C) groups is 1. The van der Waals surface area contributed by atoms with Gasteiger partial charge in [-0.1, -0.05) is 25.1 Å². The van der Waals surface area contributed by atoms with Crippen molar-refractivity contribution in [2.24, 2.45) is 4.99 Å². The van der Waals surface area contributed by atoms with Gasteiger partial charge in [0, 0.05) is 38.4 Å². The zero-order valence-electron chi connectivity index (χ0n) is 12.8. The van der Waals surface area contributed by atoms with Gasteiger partial charge in [0.1, 0.15) is 0 Å². The van der Waals surface area contributed by atoms with E-state index in [2.05, 4.69) is 63.6 Å². The van der Waals surface area contributed by atoms with E-state index in [-0.39, 0.29) is 24.0 Å². The summed E-state index contributed by atoms with van der Waals surface area (Å²) in [5, 5.41) is 7.92. The molecule has 0 saturated heterocycles. The molecule has 0 bridgehead atoms. The minimum Gasteiger partial charge on any atom is -0.356 e. The largest absolute Gasteiger partial charge is 0.356 e. The second-order valence-corrected chi connectivity index (χ2v) is 4.85. The number of para-hydroxylation sites is 1. The van der Waals surface area contributed by atoms with Crippen LogP contribution in [0.3, 0.4) is 0 Å². The highest BCUT2D eigenvalue weighted by Crippen LogP contribution is 2.15. The number of aromatic nitrogens is 1. The van der Waals surface area contributed by atoms with Crippen LogP contribution in [-0.4, -0.2) is 30.7 Å². The lowest BCUT2D eigenvalue weighted by molar-refractivity contribution is 0.640. The molecule has 0 aliphatic rings. The highest BCUT2D eigenvalue weighted by molar-refractivity contribution is 14.0. The molecule has 0 aliphatic heterocycles. The van der Waals surface area contributed by atoms with Crippen LogP contribution in [0, 0.1) is 0 Å². The zero-order valence-corrected chi connectivity index (χ0v) is 15.1. The van der Waals surface area contributed by atoms with Crippen LogP contribution in [0.2, 0.25) is 0 Å². The number of aryl methyl sites for hydroxylation is 1. The first-order valence-corrected chi connectivity index (χ1v) is 7.33. The molecule has 21 heavy (non-hydrogen) atoms. The molecule has 1 aromatic carbocycles. The predicted octanol–water partition coefficient (Wildman–Crippen LogP) is 3.22. The van der Waals surface area contributed by atoms with E-state index in [1.54, 1.807) is 0 Å². The Balaban J connectivity index is 0.00000220. The first-order valence-electron chi connectivity index (χ1n) is 7.33. The summed E-state index contributed by atoms with van der Waals surface area (Å²) < 4.78 is 2.30. The van der Waals surface area contributed by atoms with E-state index in [1.165, 1.54) is 10.9 Å². The van der Waals surface area contributed by atoms with Crippen molar-refractivity contribution in [1.29, 1.82) is 0 Å². The van der Waals surface area contributed by atoms with E-state index < -0.39 is 0 Å². The van der Waals surface area contributed by atoms with Crippen molar-refractivity contribution in [3.8, 4) is 0 Å². The summed E-state index contributed by atoms with van der Waals surface area (Å²) in [4.78, 5) is 4.20. The Morgan fingerprint density at radius 1 is 1.14 bits per heavy atom. The topological polar surface area (TPSA) is 41.4 Å². The first kappa shape index (κ1) is 17.8. The molecular formula is C16H25IN4. The molecule has 0 unspecified atom stereocenters. The monoisotopic (exact) mass is 400 g/mol. The van der Waals surface area contributed by atoms with Crippen LogP contribution in [-0.2, 0) is 6.54 Å². The molecule has 1 aromatic heterocycles. The fourth-order valence-corrected chi connectivity index (χ4v) is 2.26. The fourth-order valence-electron chi connectivity index (χ4n) is 2.26. The Kier molecular flexibility index (Phi) is 8.19. The summed E-state index contributed by atoms with van der Waals surface area (Å²) in [6.45, 7) is 5.06. The number of rotatable bonds is 6. The average Bonchev–Trinajstić information content (AvgIpc) is 2.90. The summed E-state index contributed by atoms with van der Waals surface area (Å²) in [5.41, 5.74) is 1.31. The van der Waals surface area contributed by atoms with Gasteiger partial charge in [-0.15, -0.1) is 24.0 Å². The number of halogens is 1. The Hall–Kier alpha value is -1.24. The van der Waals surface area contributed by atoms with Crippen molar-refractivity contribution in [3.63, 3.8) is 0 Å². The number of benzene rings is 1. The molecule has 116 valence electrons. The molecule has 1 heterocycles. The van der Waals surface area contributed by atoms with Crippen LogP contribution in [0.4, 0.5) is 0 Å². The number of guanidine groups is 1. The van der Waals surface area contributed by atoms with Gasteiger partial charge in [-0.3, -0.25) is 4.99 Å². The van der Waals surface area contributed by atoms with Crippen LogP contribution in [0.5, 0.6) is 0 Å². The van der Waals surface area contributed by atoms with Gasteiger partial charge in [0.05, 0.1) is 0 Å². The second kappa shape index (κ2) is 9.65. The second-order valence-electron chi connectivity index (χ2n) is 4.85. The number of hydrogen-bond donors (Lipinski definition) is 2. The zero-order chi connectivity index (χ0) is 14.2. The smallest absolute Gasteiger partial charge is 0.190 e. The molecule has 2 rings (SSSR count). The fraction of sp³-hybridized carbons (Fsp3) is 0.438. The summed E-state index contributed by atoms with van der Waals surface area (Å²) in [7, 11) is 1.81. The summed E-state index contributed by atoms with van der Waals surface area (Å²) in [6.07, 6.45) is 4.34. The van der Waals surface area contributed by atoms with Crippen LogP contribution in [0.1, 0.15) is 19.8 Å². The first-order chi connectivity index (χ1) is 9.85. The summed E-state index contributed by atoms with van der Waals surface area (Å²) >= 11 is 0. The third-order valence-electron chi connectivity index (χ3n) is 3.31. The quantitative estimate of drug-likeness (QED) is 0.338. The van der Waals surface area contributed by atoms with Crippen molar-refractivity contribution in [3.05, 3.63) is 36.5 Å². The van der Waals surface area contributed by atoms with E-state index in [0.29, 0.717) is 0 Å². The molecule has 2 aromatic rings. The number of fused-ring (bicyclic) bond motifs is 1. The van der Waals surface area contributed by atoms with E-state index in [0.717, 1.165) is 38.4 Å². The average molecular weight is 400 g/mol. The van der Waals surface area contributed by atoms with Crippen molar-refractivity contribution < 1.29 is 0 Å². The third kappa shape index (κ3) is 5.22.